The molecule has 41 heavy (non-hydrogen) atoms. The second-order valence-corrected chi connectivity index (χ2v) is 10.4. The van der Waals surface area contributed by atoms with E-state index in [9.17, 15) is 22.8 Å². The second-order valence-electron chi connectivity index (χ2n) is 10.4. The molecule has 3 atom stereocenters. The molecule has 0 radical (unpaired) electrons. The van der Waals surface area contributed by atoms with Crippen LogP contribution in [0.1, 0.15) is 58.9 Å². The molecule has 2 aromatic carbocycles. The van der Waals surface area contributed by atoms with Gasteiger partial charge in [-0.2, -0.15) is 13.2 Å². The first kappa shape index (κ1) is 28.4. The van der Waals surface area contributed by atoms with E-state index in [1.807, 2.05) is 13.8 Å². The van der Waals surface area contributed by atoms with E-state index >= 15 is 0 Å². The van der Waals surface area contributed by atoms with Gasteiger partial charge >= 0.3 is 12.2 Å². The number of amides is 2. The highest BCUT2D eigenvalue weighted by atomic mass is 19.4. The lowest BCUT2D eigenvalue weighted by molar-refractivity contribution is -0.137. The van der Waals surface area contributed by atoms with E-state index in [4.69, 9.17) is 13.9 Å². The molecule has 2 aliphatic heterocycles. The molecule has 0 unspecified atom stereocenters. The fraction of sp³-hybridized carbons (Fsp3) is 0.429. The van der Waals surface area contributed by atoms with E-state index in [0.29, 0.717) is 42.6 Å². The van der Waals surface area contributed by atoms with Crippen molar-refractivity contribution in [2.75, 3.05) is 24.3 Å². The molecule has 218 valence electrons. The topological polar surface area (TPSA) is 119 Å². The Morgan fingerprint density at radius 3 is 2.59 bits per heavy atom. The van der Waals surface area contributed by atoms with Crippen LogP contribution in [-0.2, 0) is 17.3 Å². The highest BCUT2D eigenvalue weighted by Crippen LogP contribution is 2.33. The fourth-order valence-electron chi connectivity index (χ4n) is 4.96. The predicted octanol–water partition coefficient (Wildman–Crippen LogP) is 4.78. The number of benzene rings is 2. The number of anilines is 2. The molecule has 10 nitrogen and oxygen atoms in total. The summed E-state index contributed by atoms with van der Waals surface area (Å²) < 4.78 is 56.5. The van der Waals surface area contributed by atoms with Gasteiger partial charge in [0.25, 0.3) is 11.8 Å². The highest BCUT2D eigenvalue weighted by Gasteiger charge is 2.39. The van der Waals surface area contributed by atoms with Gasteiger partial charge in [-0.3, -0.25) is 9.59 Å². The first-order valence-corrected chi connectivity index (χ1v) is 13.2. The third kappa shape index (κ3) is 6.45. The van der Waals surface area contributed by atoms with Crippen LogP contribution in [-0.4, -0.2) is 64.9 Å². The molecule has 1 aromatic heterocycles. The molecular formula is C28H30F3N5O5. The van der Waals surface area contributed by atoms with Crippen molar-refractivity contribution in [3.05, 3.63) is 65.0 Å². The zero-order chi connectivity index (χ0) is 29.3. The zero-order valence-electron chi connectivity index (χ0n) is 22.7. The molecule has 0 aliphatic carbocycles. The van der Waals surface area contributed by atoms with Gasteiger partial charge in [0.1, 0.15) is 18.5 Å². The lowest BCUT2D eigenvalue weighted by Gasteiger charge is -2.42. The van der Waals surface area contributed by atoms with Gasteiger partial charge in [0.15, 0.2) is 0 Å². The SMILES string of the molecule is CC(C)Nc1nnc(C[C@@H]2CC[C@H]3[C@H](COc4ccc(NC(=O)c5ccc(C(F)(F)F)cc5)cc4C(=O)N3C)O2)o1. The number of carbonyl (C=O) groups is 2. The highest BCUT2D eigenvalue weighted by molar-refractivity contribution is 6.05. The molecule has 1 fully saturated rings. The molecule has 1 saturated heterocycles. The van der Waals surface area contributed by atoms with Crippen molar-refractivity contribution in [3.63, 3.8) is 0 Å². The summed E-state index contributed by atoms with van der Waals surface area (Å²) in [4.78, 5) is 27.8. The zero-order valence-corrected chi connectivity index (χ0v) is 22.7. The lowest BCUT2D eigenvalue weighted by Crippen LogP contribution is -2.53. The molecule has 3 aromatic rings. The first-order chi connectivity index (χ1) is 19.5. The lowest BCUT2D eigenvalue weighted by atomic mass is 9.94. The summed E-state index contributed by atoms with van der Waals surface area (Å²) in [6.45, 7) is 4.14. The molecular weight excluding hydrogens is 543 g/mol. The molecule has 3 heterocycles. The van der Waals surface area contributed by atoms with Gasteiger partial charge in [-0.25, -0.2) is 0 Å². The molecule has 0 spiro atoms. The summed E-state index contributed by atoms with van der Waals surface area (Å²) in [6, 6.07) is 8.81. The van der Waals surface area contributed by atoms with E-state index in [2.05, 4.69) is 20.8 Å². The number of halogens is 3. The van der Waals surface area contributed by atoms with Crippen LogP contribution >= 0.6 is 0 Å². The molecule has 2 N–H and O–H groups in total. The van der Waals surface area contributed by atoms with Gasteiger partial charge in [0.2, 0.25) is 5.89 Å². The Hall–Kier alpha value is -4.13. The van der Waals surface area contributed by atoms with Gasteiger partial charge in [-0.1, -0.05) is 5.10 Å². The number of aromatic nitrogens is 2. The number of rotatable bonds is 6. The third-order valence-corrected chi connectivity index (χ3v) is 7.03. The quantitative estimate of drug-likeness (QED) is 0.433. The Labute approximate surface area is 234 Å². The van der Waals surface area contributed by atoms with Gasteiger partial charge < -0.3 is 29.4 Å². The van der Waals surface area contributed by atoms with Crippen molar-refractivity contribution < 1.29 is 36.7 Å². The average molecular weight is 574 g/mol. The van der Waals surface area contributed by atoms with E-state index in [-0.39, 0.29) is 47.9 Å². The minimum Gasteiger partial charge on any atom is -0.490 e. The van der Waals surface area contributed by atoms with Gasteiger partial charge in [0.05, 0.1) is 29.7 Å². The normalized spacial score (nSPS) is 20.9. The van der Waals surface area contributed by atoms with Crippen molar-refractivity contribution in [3.8, 4) is 5.75 Å². The van der Waals surface area contributed by atoms with Crippen LogP contribution in [0.2, 0.25) is 0 Å². The summed E-state index contributed by atoms with van der Waals surface area (Å²) in [5.74, 6) is -0.112. The maximum atomic E-state index is 13.5. The molecule has 2 aliphatic rings. The van der Waals surface area contributed by atoms with Crippen molar-refractivity contribution in [1.29, 1.82) is 0 Å². The van der Waals surface area contributed by atoms with Crippen molar-refractivity contribution >= 4 is 23.5 Å². The van der Waals surface area contributed by atoms with Crippen LogP contribution in [0.15, 0.2) is 46.9 Å². The number of hydrogen-bond acceptors (Lipinski definition) is 8. The minimum atomic E-state index is -4.50. The first-order valence-electron chi connectivity index (χ1n) is 13.2. The van der Waals surface area contributed by atoms with Crippen LogP contribution in [0.3, 0.4) is 0 Å². The maximum absolute atomic E-state index is 13.5. The van der Waals surface area contributed by atoms with Crippen LogP contribution in [0, 0.1) is 0 Å². The Morgan fingerprint density at radius 1 is 1.12 bits per heavy atom. The number of hydrogen-bond donors (Lipinski definition) is 2. The Kier molecular flexibility index (Phi) is 7.89. The number of nitrogens with zero attached hydrogens (tertiary/aromatic N) is 3. The van der Waals surface area contributed by atoms with Crippen LogP contribution in [0.25, 0.3) is 0 Å². The van der Waals surface area contributed by atoms with Crippen molar-refractivity contribution in [2.24, 2.45) is 0 Å². The Bertz CT molecular complexity index is 1410. The maximum Gasteiger partial charge on any atom is 0.416 e. The van der Waals surface area contributed by atoms with Gasteiger partial charge in [-0.05, 0) is 69.2 Å². The largest absolute Gasteiger partial charge is 0.490 e. The third-order valence-electron chi connectivity index (χ3n) is 7.03. The van der Waals surface area contributed by atoms with Crippen LogP contribution in [0.4, 0.5) is 24.9 Å². The number of alkyl halides is 3. The predicted molar refractivity (Wildman–Crippen MR) is 142 cm³/mol. The van der Waals surface area contributed by atoms with Gasteiger partial charge in [-0.15, -0.1) is 5.10 Å². The van der Waals surface area contributed by atoms with E-state index in [1.54, 1.807) is 24.1 Å². The number of nitrogens with one attached hydrogen (secondary N) is 2. The monoisotopic (exact) mass is 573 g/mol. The number of likely N-dealkylation sites (N-methyl/N-ethyl adjacent to an activating group) is 1. The number of carbonyl (C=O) groups excluding carboxylic acids is 2. The molecule has 0 bridgehead atoms. The van der Waals surface area contributed by atoms with E-state index < -0.39 is 17.6 Å². The van der Waals surface area contributed by atoms with Crippen LogP contribution < -0.4 is 15.4 Å². The minimum absolute atomic E-state index is 0.0501. The van der Waals surface area contributed by atoms with E-state index in [1.165, 1.54) is 6.07 Å². The molecule has 2 amide bonds. The Morgan fingerprint density at radius 2 is 1.88 bits per heavy atom. The second kappa shape index (κ2) is 11.4. The van der Waals surface area contributed by atoms with Gasteiger partial charge in [0, 0.05) is 24.3 Å². The number of fused-ring (bicyclic) bond motifs is 2. The smallest absolute Gasteiger partial charge is 0.416 e. The summed E-state index contributed by atoms with van der Waals surface area (Å²) >= 11 is 0. The summed E-state index contributed by atoms with van der Waals surface area (Å²) in [5, 5.41) is 13.8. The summed E-state index contributed by atoms with van der Waals surface area (Å²) in [7, 11) is 1.70. The molecule has 13 heteroatoms. The molecule has 5 rings (SSSR count). The number of ether oxygens (including phenoxy) is 2. The standard InChI is InChI=1S/C28H30F3N5O5/c1-15(2)32-27-35-34-24(41-27)13-19-9-10-21-23(40-19)14-39-22-11-8-18(12-20(22)26(38)36(21)3)33-25(37)16-4-6-17(7-5-16)28(29,30)31/h4-8,11-12,15,19,21,23H,9-10,13-14H2,1-3H3,(H,32,35)(H,33,37)/t19-,21-,23-/m0/s1. The molecule has 0 saturated carbocycles. The van der Waals surface area contributed by atoms with Crippen molar-refractivity contribution in [2.45, 2.75) is 63.6 Å². The Balaban J connectivity index is 1.26. The fourth-order valence-corrected chi connectivity index (χ4v) is 4.96. The van der Waals surface area contributed by atoms with E-state index in [0.717, 1.165) is 24.3 Å². The summed E-state index contributed by atoms with van der Waals surface area (Å²) in [5.41, 5.74) is -0.231. The average Bonchev–Trinajstić information content (AvgIpc) is 3.36. The van der Waals surface area contributed by atoms with Crippen LogP contribution in [0.5, 0.6) is 5.75 Å². The van der Waals surface area contributed by atoms with Crippen molar-refractivity contribution in [1.82, 2.24) is 15.1 Å². The summed E-state index contributed by atoms with van der Waals surface area (Å²) in [6.07, 6.45) is -3.28.